The predicted molar refractivity (Wildman–Crippen MR) is 67.1 cm³/mol. The highest BCUT2D eigenvalue weighted by molar-refractivity contribution is 6.44. The van der Waals surface area contributed by atoms with E-state index in [0.717, 1.165) is 0 Å². The molecule has 1 aromatic carbocycles. The summed E-state index contributed by atoms with van der Waals surface area (Å²) >= 11 is 17.8. The van der Waals surface area contributed by atoms with Crippen molar-refractivity contribution in [3.63, 3.8) is 0 Å². The van der Waals surface area contributed by atoms with E-state index in [9.17, 15) is 9.50 Å². The van der Waals surface area contributed by atoms with Gasteiger partial charge in [-0.05, 0) is 12.1 Å². The van der Waals surface area contributed by atoms with Crippen LogP contribution in [0, 0.1) is 0 Å². The van der Waals surface area contributed by atoms with Gasteiger partial charge in [-0.3, -0.25) is 0 Å². The van der Waals surface area contributed by atoms with Crippen LogP contribution < -0.4 is 0 Å². The molecule has 7 heteroatoms. The number of halogens is 4. The zero-order chi connectivity index (χ0) is 13.4. The van der Waals surface area contributed by atoms with Crippen LogP contribution >= 0.6 is 34.8 Å². The molecule has 1 aliphatic rings. The van der Waals surface area contributed by atoms with Crippen molar-refractivity contribution in [1.29, 1.82) is 0 Å². The molecule has 0 saturated carbocycles. The van der Waals surface area contributed by atoms with Gasteiger partial charge in [0.25, 0.3) is 0 Å². The summed E-state index contributed by atoms with van der Waals surface area (Å²) in [5.41, 5.74) is 0.233. The summed E-state index contributed by atoms with van der Waals surface area (Å²) in [5, 5.41) is 19.3. The molecule has 0 aromatic heterocycles. The second kappa shape index (κ2) is 5.49. The largest absolute Gasteiger partial charge is 0.394 e. The maximum absolute atomic E-state index is 13.6. The number of rotatable bonds is 2. The monoisotopic (exact) mass is 314 g/mol. The Bertz CT molecular complexity index is 457. The van der Waals surface area contributed by atoms with Crippen molar-refractivity contribution in [2.45, 2.75) is 24.5 Å². The lowest BCUT2D eigenvalue weighted by Crippen LogP contribution is -2.28. The van der Waals surface area contributed by atoms with Gasteiger partial charge in [0.1, 0.15) is 18.3 Å². The van der Waals surface area contributed by atoms with Crippen molar-refractivity contribution in [2.75, 3.05) is 6.61 Å². The van der Waals surface area contributed by atoms with Gasteiger partial charge in [-0.2, -0.15) is 0 Å². The topological polar surface area (TPSA) is 49.7 Å². The number of hydrogen-bond acceptors (Lipinski definition) is 3. The van der Waals surface area contributed by atoms with Gasteiger partial charge in [-0.1, -0.05) is 34.8 Å². The van der Waals surface area contributed by atoms with Gasteiger partial charge in [0.2, 0.25) is 0 Å². The zero-order valence-corrected chi connectivity index (χ0v) is 11.3. The van der Waals surface area contributed by atoms with Crippen LogP contribution in [0.5, 0.6) is 0 Å². The molecule has 4 atom stereocenters. The molecule has 100 valence electrons. The van der Waals surface area contributed by atoms with Crippen LogP contribution in [0.2, 0.25) is 15.1 Å². The quantitative estimate of drug-likeness (QED) is 0.825. The minimum atomic E-state index is -1.70. The summed E-state index contributed by atoms with van der Waals surface area (Å²) in [5.74, 6) is 0. The molecule has 0 amide bonds. The van der Waals surface area contributed by atoms with Gasteiger partial charge in [-0.25, -0.2) is 4.39 Å². The average Bonchev–Trinajstić information content (AvgIpc) is 2.62. The summed E-state index contributed by atoms with van der Waals surface area (Å²) in [7, 11) is 0. The maximum atomic E-state index is 13.6. The molecule has 18 heavy (non-hydrogen) atoms. The van der Waals surface area contributed by atoms with Gasteiger partial charge < -0.3 is 14.9 Å². The molecule has 0 aliphatic carbocycles. The number of hydrogen-bond donors (Lipinski definition) is 2. The van der Waals surface area contributed by atoms with Crippen LogP contribution in [-0.4, -0.2) is 35.2 Å². The minimum Gasteiger partial charge on any atom is -0.394 e. The Kier molecular flexibility index (Phi) is 4.36. The third-order valence-electron chi connectivity index (χ3n) is 2.86. The molecule has 0 radical (unpaired) electrons. The standard InChI is InChI=1S/C11H10Cl3FO3/c12-4-1-2-5(13)8(14)7(4)11-10(17)9(15)6(3-16)18-11/h1-2,6,9-11,16-17H,3H2/t6-,9+,10-,11+/m1/s1. The Balaban J connectivity index is 2.41. The van der Waals surface area contributed by atoms with E-state index in [1.54, 1.807) is 0 Å². The highest BCUT2D eigenvalue weighted by Gasteiger charge is 2.46. The van der Waals surface area contributed by atoms with Crippen molar-refractivity contribution >= 4 is 34.8 Å². The molecular formula is C11H10Cl3FO3. The number of benzene rings is 1. The van der Waals surface area contributed by atoms with Crippen LogP contribution in [0.15, 0.2) is 12.1 Å². The molecule has 1 aromatic rings. The Hall–Kier alpha value is -0.100. The van der Waals surface area contributed by atoms with Crippen molar-refractivity contribution < 1.29 is 19.3 Å². The van der Waals surface area contributed by atoms with E-state index in [2.05, 4.69) is 0 Å². The third-order valence-corrected chi connectivity index (χ3v) is 4.01. The second-order valence-corrected chi connectivity index (χ2v) is 5.16. The predicted octanol–water partition coefficient (Wildman–Crippen LogP) is 2.78. The van der Waals surface area contributed by atoms with Crippen LogP contribution in [0.4, 0.5) is 4.39 Å². The first-order valence-corrected chi connectivity index (χ1v) is 6.32. The van der Waals surface area contributed by atoms with E-state index in [4.69, 9.17) is 44.6 Å². The highest BCUT2D eigenvalue weighted by Crippen LogP contribution is 2.43. The van der Waals surface area contributed by atoms with Crippen molar-refractivity contribution in [1.82, 2.24) is 0 Å². The van der Waals surface area contributed by atoms with E-state index in [1.165, 1.54) is 12.1 Å². The van der Waals surface area contributed by atoms with E-state index < -0.39 is 31.1 Å². The first-order chi connectivity index (χ1) is 8.47. The SMILES string of the molecule is OC[C@H]1O[C@@H](c2c(Cl)ccc(Cl)c2Cl)[C@H](O)[C@H]1F. The molecule has 0 spiro atoms. The van der Waals surface area contributed by atoms with Gasteiger partial charge >= 0.3 is 0 Å². The first-order valence-electron chi connectivity index (χ1n) is 5.19. The Morgan fingerprint density at radius 2 is 1.83 bits per heavy atom. The fraction of sp³-hybridized carbons (Fsp3) is 0.455. The van der Waals surface area contributed by atoms with Crippen LogP contribution in [0.25, 0.3) is 0 Å². The molecular weight excluding hydrogens is 305 g/mol. The number of ether oxygens (including phenoxy) is 1. The molecule has 2 rings (SSSR count). The van der Waals surface area contributed by atoms with Crippen molar-refractivity contribution in [3.05, 3.63) is 32.8 Å². The van der Waals surface area contributed by atoms with Crippen molar-refractivity contribution in [2.24, 2.45) is 0 Å². The van der Waals surface area contributed by atoms with E-state index in [-0.39, 0.29) is 20.6 Å². The fourth-order valence-electron chi connectivity index (χ4n) is 1.92. The molecule has 1 heterocycles. The maximum Gasteiger partial charge on any atom is 0.157 e. The lowest BCUT2D eigenvalue weighted by atomic mass is 10.0. The number of aliphatic hydroxyl groups is 2. The lowest BCUT2D eigenvalue weighted by Gasteiger charge is -2.18. The molecule has 1 fully saturated rings. The van der Waals surface area contributed by atoms with E-state index in [1.807, 2.05) is 0 Å². The van der Waals surface area contributed by atoms with Crippen LogP contribution in [-0.2, 0) is 4.74 Å². The summed E-state index contributed by atoms with van der Waals surface area (Å²) < 4.78 is 18.9. The summed E-state index contributed by atoms with van der Waals surface area (Å²) in [6, 6.07) is 2.98. The molecule has 1 aliphatic heterocycles. The lowest BCUT2D eigenvalue weighted by molar-refractivity contribution is -0.0140. The second-order valence-electron chi connectivity index (χ2n) is 3.97. The Morgan fingerprint density at radius 1 is 1.22 bits per heavy atom. The molecule has 2 N–H and O–H groups in total. The summed E-state index contributed by atoms with van der Waals surface area (Å²) in [4.78, 5) is 0. The van der Waals surface area contributed by atoms with Gasteiger partial charge in [0.05, 0.1) is 16.7 Å². The summed E-state index contributed by atoms with van der Waals surface area (Å²) in [6.07, 6.45) is -5.30. The summed E-state index contributed by atoms with van der Waals surface area (Å²) in [6.45, 7) is -0.537. The van der Waals surface area contributed by atoms with Crippen molar-refractivity contribution in [3.8, 4) is 0 Å². The van der Waals surface area contributed by atoms with Gasteiger partial charge in [0.15, 0.2) is 6.17 Å². The van der Waals surface area contributed by atoms with E-state index in [0.29, 0.717) is 0 Å². The Labute approximate surface area is 118 Å². The highest BCUT2D eigenvalue weighted by atomic mass is 35.5. The number of aliphatic hydroxyl groups excluding tert-OH is 2. The molecule has 3 nitrogen and oxygen atoms in total. The zero-order valence-electron chi connectivity index (χ0n) is 8.99. The number of alkyl halides is 1. The van der Waals surface area contributed by atoms with E-state index >= 15 is 0 Å². The average molecular weight is 316 g/mol. The molecule has 0 bridgehead atoms. The molecule has 1 saturated heterocycles. The normalized spacial score (nSPS) is 31.9. The van der Waals surface area contributed by atoms with Crippen LogP contribution in [0.1, 0.15) is 11.7 Å². The third kappa shape index (κ3) is 2.33. The fourth-order valence-corrected chi connectivity index (χ4v) is 2.67. The first kappa shape index (κ1) is 14.3. The van der Waals surface area contributed by atoms with Crippen LogP contribution in [0.3, 0.4) is 0 Å². The van der Waals surface area contributed by atoms with Gasteiger partial charge in [-0.15, -0.1) is 0 Å². The minimum absolute atomic E-state index is 0.110. The smallest absolute Gasteiger partial charge is 0.157 e. The van der Waals surface area contributed by atoms with Gasteiger partial charge in [0, 0.05) is 10.6 Å². The Morgan fingerprint density at radius 3 is 2.39 bits per heavy atom. The molecule has 0 unspecified atom stereocenters.